The number of aliphatic imine (C=N–C) groups is 1. The summed E-state index contributed by atoms with van der Waals surface area (Å²) in [5.41, 5.74) is -0.197. The second kappa shape index (κ2) is 8.16. The molecule has 0 radical (unpaired) electrons. The van der Waals surface area contributed by atoms with Gasteiger partial charge in [-0.15, -0.1) is 11.3 Å². The van der Waals surface area contributed by atoms with Gasteiger partial charge in [-0.3, -0.25) is 0 Å². The minimum Gasteiger partial charge on any atom is -0.466 e. The van der Waals surface area contributed by atoms with E-state index in [2.05, 4.69) is 20.6 Å². The molecule has 8 heteroatoms. The summed E-state index contributed by atoms with van der Waals surface area (Å²) in [7, 11) is 3.93. The number of rotatable bonds is 7. The monoisotopic (exact) mass is 351 g/mol. The molecule has 0 aliphatic rings. The number of hydrogen-bond acceptors (Lipinski definition) is 6. The lowest BCUT2D eigenvalue weighted by Gasteiger charge is -2.22. The van der Waals surface area contributed by atoms with Crippen molar-refractivity contribution in [2.75, 3.05) is 32.1 Å². The van der Waals surface area contributed by atoms with E-state index in [9.17, 15) is 5.11 Å². The van der Waals surface area contributed by atoms with E-state index >= 15 is 0 Å². The van der Waals surface area contributed by atoms with Gasteiger partial charge in [-0.1, -0.05) is 0 Å². The van der Waals surface area contributed by atoms with Crippen LogP contribution in [0.1, 0.15) is 25.3 Å². The molecule has 3 N–H and O–H groups in total. The summed E-state index contributed by atoms with van der Waals surface area (Å²) in [6, 6.07) is 3.51. The Balaban J connectivity index is 1.97. The number of aromatic nitrogens is 1. The van der Waals surface area contributed by atoms with Crippen molar-refractivity contribution in [1.82, 2.24) is 15.6 Å². The zero-order valence-electron chi connectivity index (χ0n) is 14.5. The number of nitrogens with zero attached hydrogens (tertiary/aromatic N) is 3. The van der Waals surface area contributed by atoms with Gasteiger partial charge in [0.2, 0.25) is 0 Å². The van der Waals surface area contributed by atoms with Gasteiger partial charge in [0.05, 0.1) is 25.0 Å². The summed E-state index contributed by atoms with van der Waals surface area (Å²) >= 11 is 1.59. The largest absolute Gasteiger partial charge is 0.466 e. The van der Waals surface area contributed by atoms with Crippen molar-refractivity contribution in [3.63, 3.8) is 0 Å². The molecule has 0 aliphatic carbocycles. The van der Waals surface area contributed by atoms with Crippen molar-refractivity contribution in [1.29, 1.82) is 0 Å². The van der Waals surface area contributed by atoms with E-state index in [1.54, 1.807) is 36.7 Å². The number of guanidine groups is 1. The first-order chi connectivity index (χ1) is 11.4. The number of thiazole rings is 1. The molecule has 0 spiro atoms. The van der Waals surface area contributed by atoms with E-state index in [0.717, 1.165) is 17.4 Å². The van der Waals surface area contributed by atoms with Crippen molar-refractivity contribution < 1.29 is 9.52 Å². The van der Waals surface area contributed by atoms with Gasteiger partial charge >= 0.3 is 0 Å². The first-order valence-electron chi connectivity index (χ1n) is 7.82. The van der Waals surface area contributed by atoms with Crippen LogP contribution in [0.5, 0.6) is 0 Å². The van der Waals surface area contributed by atoms with Crippen LogP contribution in [-0.4, -0.2) is 43.2 Å². The quantitative estimate of drug-likeness (QED) is 0.521. The molecule has 0 aliphatic heterocycles. The van der Waals surface area contributed by atoms with Crippen LogP contribution < -0.4 is 15.5 Å². The van der Waals surface area contributed by atoms with Crippen LogP contribution in [0.15, 0.2) is 33.2 Å². The van der Waals surface area contributed by atoms with E-state index in [1.807, 2.05) is 31.3 Å². The van der Waals surface area contributed by atoms with Crippen LogP contribution in [-0.2, 0) is 12.1 Å². The van der Waals surface area contributed by atoms with E-state index in [4.69, 9.17) is 4.42 Å². The highest BCUT2D eigenvalue weighted by Crippen LogP contribution is 2.20. The SMILES string of the molecule is CCNC(=NCc1csc(N(C)C)n1)NCC(C)(O)c1ccco1. The highest BCUT2D eigenvalue weighted by atomic mass is 32.1. The lowest BCUT2D eigenvalue weighted by Crippen LogP contribution is -2.44. The number of nitrogens with one attached hydrogen (secondary N) is 2. The molecule has 7 nitrogen and oxygen atoms in total. The standard InChI is InChI=1S/C16H25N5O2S/c1-5-17-14(18-9-12-10-24-15(20-12)21(3)4)19-11-16(2,22)13-7-6-8-23-13/h6-8,10,22H,5,9,11H2,1-4H3,(H2,17,18,19). The van der Waals surface area contributed by atoms with Crippen LogP contribution >= 0.6 is 11.3 Å². The van der Waals surface area contributed by atoms with Gasteiger partial charge in [0.1, 0.15) is 11.4 Å². The Kier molecular flexibility index (Phi) is 6.22. The average Bonchev–Trinajstić information content (AvgIpc) is 3.21. The summed E-state index contributed by atoms with van der Waals surface area (Å²) in [4.78, 5) is 11.0. The predicted molar refractivity (Wildman–Crippen MR) is 97.5 cm³/mol. The van der Waals surface area contributed by atoms with E-state index in [-0.39, 0.29) is 6.54 Å². The summed E-state index contributed by atoms with van der Waals surface area (Å²) in [6.07, 6.45) is 1.55. The third-order valence-electron chi connectivity index (χ3n) is 3.32. The first kappa shape index (κ1) is 18.3. The van der Waals surface area contributed by atoms with Gasteiger partial charge in [0.15, 0.2) is 11.1 Å². The summed E-state index contributed by atoms with van der Waals surface area (Å²) in [5, 5.41) is 19.8. The van der Waals surface area contributed by atoms with Crippen LogP contribution in [0, 0.1) is 0 Å². The molecule has 24 heavy (non-hydrogen) atoms. The third-order valence-corrected chi connectivity index (χ3v) is 4.37. The van der Waals surface area contributed by atoms with Crippen molar-refractivity contribution in [3.8, 4) is 0 Å². The zero-order chi connectivity index (χ0) is 17.6. The summed E-state index contributed by atoms with van der Waals surface area (Å²) in [6.45, 7) is 5.19. The second-order valence-electron chi connectivity index (χ2n) is 5.82. The molecule has 2 aromatic heterocycles. The summed E-state index contributed by atoms with van der Waals surface area (Å²) in [5.74, 6) is 1.14. The molecule has 0 saturated heterocycles. The number of hydrogen-bond donors (Lipinski definition) is 3. The molecular weight excluding hydrogens is 326 g/mol. The first-order valence-corrected chi connectivity index (χ1v) is 8.70. The Morgan fingerprint density at radius 2 is 2.25 bits per heavy atom. The molecule has 0 amide bonds. The minimum atomic E-state index is -1.11. The topological polar surface area (TPSA) is 85.9 Å². The van der Waals surface area contributed by atoms with Gasteiger partial charge < -0.3 is 25.1 Å². The molecule has 2 heterocycles. The molecule has 0 bridgehead atoms. The molecule has 2 rings (SSSR count). The molecule has 1 atom stereocenters. The van der Waals surface area contributed by atoms with Crippen molar-refractivity contribution in [2.45, 2.75) is 26.0 Å². The van der Waals surface area contributed by atoms with Crippen LogP contribution in [0.3, 0.4) is 0 Å². The van der Waals surface area contributed by atoms with Crippen molar-refractivity contribution in [2.24, 2.45) is 4.99 Å². The smallest absolute Gasteiger partial charge is 0.191 e. The molecule has 0 saturated carbocycles. The Morgan fingerprint density at radius 3 is 2.83 bits per heavy atom. The maximum Gasteiger partial charge on any atom is 0.191 e. The van der Waals surface area contributed by atoms with Gasteiger partial charge in [0, 0.05) is 26.0 Å². The molecular formula is C16H25N5O2S. The fourth-order valence-electron chi connectivity index (χ4n) is 2.00. The normalized spacial score (nSPS) is 14.3. The third kappa shape index (κ3) is 4.97. The maximum absolute atomic E-state index is 10.5. The van der Waals surface area contributed by atoms with E-state index in [0.29, 0.717) is 18.3 Å². The second-order valence-corrected chi connectivity index (χ2v) is 6.65. The highest BCUT2D eigenvalue weighted by Gasteiger charge is 2.26. The van der Waals surface area contributed by atoms with Gasteiger partial charge in [-0.25, -0.2) is 9.98 Å². The predicted octanol–water partition coefficient (Wildman–Crippen LogP) is 1.76. The minimum absolute atomic E-state index is 0.284. The zero-order valence-corrected chi connectivity index (χ0v) is 15.4. The Hall–Kier alpha value is -2.06. The number of aliphatic hydroxyl groups is 1. The fraction of sp³-hybridized carbons (Fsp3) is 0.500. The fourth-order valence-corrected chi connectivity index (χ4v) is 2.75. The highest BCUT2D eigenvalue weighted by molar-refractivity contribution is 7.13. The average molecular weight is 351 g/mol. The Labute approximate surface area is 146 Å². The lowest BCUT2D eigenvalue weighted by atomic mass is 10.0. The van der Waals surface area contributed by atoms with Crippen LogP contribution in [0.25, 0.3) is 0 Å². The molecule has 0 aromatic carbocycles. The molecule has 0 fully saturated rings. The molecule has 1 unspecified atom stereocenters. The molecule has 132 valence electrons. The lowest BCUT2D eigenvalue weighted by molar-refractivity contribution is 0.0386. The Morgan fingerprint density at radius 1 is 1.46 bits per heavy atom. The number of furan rings is 1. The van der Waals surface area contributed by atoms with Crippen molar-refractivity contribution >= 4 is 22.4 Å². The van der Waals surface area contributed by atoms with E-state index < -0.39 is 5.60 Å². The van der Waals surface area contributed by atoms with E-state index in [1.165, 1.54) is 0 Å². The van der Waals surface area contributed by atoms with Crippen LogP contribution in [0.4, 0.5) is 5.13 Å². The number of anilines is 1. The van der Waals surface area contributed by atoms with Crippen LogP contribution in [0.2, 0.25) is 0 Å². The van der Waals surface area contributed by atoms with Crippen molar-refractivity contribution in [3.05, 3.63) is 35.2 Å². The van der Waals surface area contributed by atoms with Gasteiger partial charge in [-0.2, -0.15) is 0 Å². The van der Waals surface area contributed by atoms with Gasteiger partial charge in [-0.05, 0) is 26.0 Å². The maximum atomic E-state index is 10.5. The molecule has 2 aromatic rings. The Bertz CT molecular complexity index is 649. The summed E-state index contributed by atoms with van der Waals surface area (Å²) < 4.78 is 5.28. The van der Waals surface area contributed by atoms with Gasteiger partial charge in [0.25, 0.3) is 0 Å².